The van der Waals surface area contributed by atoms with Crippen LogP contribution in [0.3, 0.4) is 0 Å². The molecule has 2 unspecified atom stereocenters. The summed E-state index contributed by atoms with van der Waals surface area (Å²) in [5.74, 6) is 1.86. The zero-order chi connectivity index (χ0) is 18.5. The van der Waals surface area contributed by atoms with Gasteiger partial charge in [-0.1, -0.05) is 40.5 Å². The molecule has 5 rings (SSSR count). The lowest BCUT2D eigenvalue weighted by Crippen LogP contribution is -2.44. The molecule has 2 saturated heterocycles. The van der Waals surface area contributed by atoms with Crippen LogP contribution < -0.4 is 0 Å². The molecular weight excluding hydrogens is 401 g/mol. The molecule has 4 atom stereocenters. The average molecular weight is 420 g/mol. The van der Waals surface area contributed by atoms with Crippen LogP contribution in [0.2, 0.25) is 10.0 Å². The van der Waals surface area contributed by atoms with Crippen LogP contribution in [0.1, 0.15) is 42.6 Å². The Morgan fingerprint density at radius 1 is 1.19 bits per heavy atom. The highest BCUT2D eigenvalue weighted by Crippen LogP contribution is 2.51. The fourth-order valence-corrected chi connectivity index (χ4v) is 5.72. The van der Waals surface area contributed by atoms with E-state index >= 15 is 0 Å². The van der Waals surface area contributed by atoms with Gasteiger partial charge in [-0.05, 0) is 61.4 Å². The fourth-order valence-electron chi connectivity index (χ4n) is 4.77. The van der Waals surface area contributed by atoms with Crippen LogP contribution in [-0.2, 0) is 0 Å². The van der Waals surface area contributed by atoms with E-state index in [1.807, 2.05) is 29.6 Å². The van der Waals surface area contributed by atoms with E-state index in [9.17, 15) is 0 Å². The fraction of sp³-hybridized carbons (Fsp3) is 0.400. The summed E-state index contributed by atoms with van der Waals surface area (Å²) in [6.07, 6.45) is 3.42. The number of fused-ring (bicyclic) bond motifs is 2. The Morgan fingerprint density at radius 3 is 2.85 bits per heavy atom. The zero-order valence-corrected chi connectivity index (χ0v) is 17.1. The number of hydrogen-bond donors (Lipinski definition) is 0. The Balaban J connectivity index is 1.56. The van der Waals surface area contributed by atoms with Gasteiger partial charge >= 0.3 is 0 Å². The minimum Gasteiger partial charge on any atom is -0.339 e. The zero-order valence-electron chi connectivity index (χ0n) is 14.8. The second-order valence-corrected chi connectivity index (χ2v) is 9.20. The molecule has 140 valence electrons. The molecule has 2 aromatic heterocycles. The van der Waals surface area contributed by atoms with Gasteiger partial charge in [-0.3, -0.25) is 4.90 Å². The molecule has 2 fully saturated rings. The molecule has 1 aromatic carbocycles. The standard InChI is InChI=1S/C20H19Cl2N3OS/c1-25-12-5-7-16(25)18(13(10-12)11-4-6-14(21)15(22)9-11)20-23-19(24-26-20)17-3-2-8-27-17/h2-4,6,8-9,12-13,16,18H,5,7,10H2,1H3/t12-,13?,16+,18?/m0/s1. The second-order valence-electron chi connectivity index (χ2n) is 7.44. The maximum Gasteiger partial charge on any atom is 0.232 e. The molecule has 0 spiro atoms. The van der Waals surface area contributed by atoms with E-state index in [1.54, 1.807) is 11.3 Å². The van der Waals surface area contributed by atoms with Crippen molar-refractivity contribution in [3.05, 3.63) is 57.2 Å². The lowest BCUT2D eigenvalue weighted by molar-refractivity contribution is 0.120. The third-order valence-corrected chi connectivity index (χ3v) is 7.71. The van der Waals surface area contributed by atoms with Crippen molar-refractivity contribution in [3.8, 4) is 10.7 Å². The van der Waals surface area contributed by atoms with Gasteiger partial charge in [0.2, 0.25) is 11.7 Å². The highest BCUT2D eigenvalue weighted by Gasteiger charge is 2.49. The quantitative estimate of drug-likeness (QED) is 0.534. The van der Waals surface area contributed by atoms with E-state index in [2.05, 4.69) is 23.2 Å². The lowest BCUT2D eigenvalue weighted by atomic mass is 9.76. The van der Waals surface area contributed by atoms with Crippen LogP contribution in [0.25, 0.3) is 10.7 Å². The van der Waals surface area contributed by atoms with E-state index in [-0.39, 0.29) is 5.92 Å². The Kier molecular flexibility index (Phi) is 4.51. The molecular formula is C20H19Cl2N3OS. The molecule has 4 heterocycles. The number of halogens is 2. The van der Waals surface area contributed by atoms with E-state index in [1.165, 1.54) is 12.0 Å². The van der Waals surface area contributed by atoms with Gasteiger partial charge < -0.3 is 4.52 Å². The van der Waals surface area contributed by atoms with E-state index in [0.29, 0.717) is 33.9 Å². The molecule has 0 saturated carbocycles. The molecule has 27 heavy (non-hydrogen) atoms. The molecule has 0 aliphatic carbocycles. The Bertz CT molecular complexity index is 958. The van der Waals surface area contributed by atoms with Gasteiger partial charge in [0.15, 0.2) is 0 Å². The number of rotatable bonds is 3. The largest absolute Gasteiger partial charge is 0.339 e. The van der Waals surface area contributed by atoms with Crippen molar-refractivity contribution in [1.29, 1.82) is 0 Å². The number of aromatic nitrogens is 2. The van der Waals surface area contributed by atoms with Crippen LogP contribution in [-0.4, -0.2) is 34.2 Å². The predicted molar refractivity (Wildman–Crippen MR) is 109 cm³/mol. The number of nitrogens with zero attached hydrogens (tertiary/aromatic N) is 3. The summed E-state index contributed by atoms with van der Waals surface area (Å²) in [6.45, 7) is 0. The van der Waals surface area contributed by atoms with Crippen molar-refractivity contribution < 1.29 is 4.52 Å². The smallest absolute Gasteiger partial charge is 0.232 e. The second kappa shape index (κ2) is 6.89. The number of benzene rings is 1. The molecule has 3 aromatic rings. The molecule has 2 bridgehead atoms. The first-order valence-corrected chi connectivity index (χ1v) is 10.8. The summed E-state index contributed by atoms with van der Waals surface area (Å²) in [5.41, 5.74) is 1.20. The van der Waals surface area contributed by atoms with Gasteiger partial charge in [-0.2, -0.15) is 4.98 Å². The predicted octanol–water partition coefficient (Wildman–Crippen LogP) is 5.84. The Hall–Kier alpha value is -1.40. The van der Waals surface area contributed by atoms with Crippen LogP contribution in [0.5, 0.6) is 0 Å². The monoisotopic (exact) mass is 419 g/mol. The summed E-state index contributed by atoms with van der Waals surface area (Å²) >= 11 is 14.1. The SMILES string of the molecule is CN1[C@H]2CC[C@@H]1C(c1nc(-c3cccs3)no1)C(c1ccc(Cl)c(Cl)c1)C2. The summed E-state index contributed by atoms with van der Waals surface area (Å²) < 4.78 is 5.79. The van der Waals surface area contributed by atoms with Gasteiger partial charge in [0.1, 0.15) is 0 Å². The van der Waals surface area contributed by atoms with Crippen LogP contribution >= 0.6 is 34.5 Å². The summed E-state index contributed by atoms with van der Waals surface area (Å²) in [4.78, 5) is 8.32. The Labute approximate surface area is 172 Å². The summed E-state index contributed by atoms with van der Waals surface area (Å²) in [7, 11) is 2.22. The molecule has 0 radical (unpaired) electrons. The van der Waals surface area contributed by atoms with Crippen LogP contribution in [0.4, 0.5) is 0 Å². The number of likely N-dealkylation sites (N-methyl/N-ethyl adjacent to an activating group) is 1. The van der Waals surface area contributed by atoms with Gasteiger partial charge in [-0.25, -0.2) is 0 Å². The first-order valence-electron chi connectivity index (χ1n) is 9.16. The van der Waals surface area contributed by atoms with Crippen molar-refractivity contribution in [2.45, 2.75) is 43.2 Å². The number of thiophene rings is 1. The highest BCUT2D eigenvalue weighted by molar-refractivity contribution is 7.13. The maximum absolute atomic E-state index is 6.32. The van der Waals surface area contributed by atoms with Gasteiger partial charge in [0.25, 0.3) is 0 Å². The molecule has 4 nitrogen and oxygen atoms in total. The van der Waals surface area contributed by atoms with Crippen molar-refractivity contribution in [2.24, 2.45) is 0 Å². The van der Waals surface area contributed by atoms with Crippen LogP contribution in [0, 0.1) is 0 Å². The number of hydrogen-bond acceptors (Lipinski definition) is 5. The van der Waals surface area contributed by atoms with Crippen molar-refractivity contribution in [2.75, 3.05) is 7.05 Å². The van der Waals surface area contributed by atoms with Crippen LogP contribution in [0.15, 0.2) is 40.2 Å². The van der Waals surface area contributed by atoms with Gasteiger partial charge in [0.05, 0.1) is 20.8 Å². The lowest BCUT2D eigenvalue weighted by Gasteiger charge is -2.41. The van der Waals surface area contributed by atoms with E-state index < -0.39 is 0 Å². The molecule has 0 amide bonds. The summed E-state index contributed by atoms with van der Waals surface area (Å²) in [5, 5.41) is 7.48. The highest BCUT2D eigenvalue weighted by atomic mass is 35.5. The van der Waals surface area contributed by atoms with Gasteiger partial charge in [-0.15, -0.1) is 11.3 Å². The third-order valence-electron chi connectivity index (χ3n) is 6.11. The van der Waals surface area contributed by atoms with E-state index in [0.717, 1.165) is 23.6 Å². The summed E-state index contributed by atoms with van der Waals surface area (Å²) in [6, 6.07) is 11.0. The molecule has 2 aliphatic heterocycles. The normalized spacial score (nSPS) is 28.0. The Morgan fingerprint density at radius 2 is 2.07 bits per heavy atom. The molecule has 2 aliphatic rings. The van der Waals surface area contributed by atoms with Crippen molar-refractivity contribution in [3.63, 3.8) is 0 Å². The first-order chi connectivity index (χ1) is 13.1. The van der Waals surface area contributed by atoms with Crippen molar-refractivity contribution >= 4 is 34.5 Å². The first kappa shape index (κ1) is 17.7. The minimum absolute atomic E-state index is 0.159. The molecule has 7 heteroatoms. The maximum atomic E-state index is 6.32. The molecule has 0 N–H and O–H groups in total. The average Bonchev–Trinajstić information content (AvgIpc) is 3.38. The topological polar surface area (TPSA) is 42.2 Å². The minimum atomic E-state index is 0.159. The van der Waals surface area contributed by atoms with Crippen molar-refractivity contribution in [1.82, 2.24) is 15.0 Å². The third kappa shape index (κ3) is 3.01. The van der Waals surface area contributed by atoms with Gasteiger partial charge in [0, 0.05) is 12.1 Å². The number of piperidine rings is 1. The van der Waals surface area contributed by atoms with E-state index in [4.69, 9.17) is 32.7 Å².